The first-order chi connectivity index (χ1) is 6.93. The maximum absolute atomic E-state index is 3.54. The molecule has 0 amide bonds. The maximum Gasteiger partial charge on any atom is 0.0605 e. The lowest BCUT2D eigenvalue weighted by Gasteiger charge is -2.31. The third kappa shape index (κ3) is 1.26. The molecule has 2 heteroatoms. The van der Waals surface area contributed by atoms with Gasteiger partial charge in [-0.1, -0.05) is 36.4 Å². The maximum atomic E-state index is 3.54. The van der Waals surface area contributed by atoms with Crippen molar-refractivity contribution in [2.45, 2.75) is 16.2 Å². The number of anilines is 1. The largest absolute Gasteiger partial charge is 0.376 e. The number of para-hydroxylation sites is 1. The number of nitrogens with one attached hydrogen (secondary N) is 1. The van der Waals surface area contributed by atoms with Gasteiger partial charge in [0.2, 0.25) is 0 Å². The van der Waals surface area contributed by atoms with Crippen LogP contribution in [0.25, 0.3) is 0 Å². The first kappa shape index (κ1) is 8.18. The molecule has 2 unspecified atom stereocenters. The van der Waals surface area contributed by atoms with E-state index in [1.54, 1.807) is 0 Å². The van der Waals surface area contributed by atoms with Gasteiger partial charge in [-0.3, -0.25) is 0 Å². The minimum absolute atomic E-state index is 0.458. The van der Waals surface area contributed by atoms with Crippen molar-refractivity contribution >= 4 is 17.4 Å². The molecule has 1 aromatic rings. The van der Waals surface area contributed by atoms with Crippen molar-refractivity contribution in [2.75, 3.05) is 5.32 Å². The van der Waals surface area contributed by atoms with Crippen molar-refractivity contribution in [3.63, 3.8) is 0 Å². The van der Waals surface area contributed by atoms with Crippen LogP contribution in [0.1, 0.15) is 0 Å². The molecule has 1 N–H and O–H groups in total. The molecule has 3 rings (SSSR count). The van der Waals surface area contributed by atoms with Crippen molar-refractivity contribution in [2.24, 2.45) is 0 Å². The molecule has 0 saturated heterocycles. The van der Waals surface area contributed by atoms with Gasteiger partial charge in [0, 0.05) is 10.6 Å². The van der Waals surface area contributed by atoms with Crippen molar-refractivity contribution in [1.82, 2.24) is 0 Å². The second kappa shape index (κ2) is 3.21. The second-order valence-corrected chi connectivity index (χ2v) is 4.74. The topological polar surface area (TPSA) is 12.0 Å². The summed E-state index contributed by atoms with van der Waals surface area (Å²) >= 11 is 1.94. The summed E-state index contributed by atoms with van der Waals surface area (Å²) in [5.74, 6) is 0. The quantitative estimate of drug-likeness (QED) is 0.692. The van der Waals surface area contributed by atoms with Crippen LogP contribution in [0.3, 0.4) is 0 Å². The molecule has 14 heavy (non-hydrogen) atoms. The summed E-state index contributed by atoms with van der Waals surface area (Å²) in [6, 6.07) is 8.95. The average molecular weight is 201 g/mol. The number of rotatable bonds is 0. The molecule has 1 aliphatic heterocycles. The van der Waals surface area contributed by atoms with Crippen LogP contribution in [0.2, 0.25) is 0 Å². The Bertz CT molecular complexity index is 370. The van der Waals surface area contributed by atoms with Crippen LogP contribution in [0.15, 0.2) is 53.5 Å². The van der Waals surface area contributed by atoms with E-state index < -0.39 is 0 Å². The lowest BCUT2D eigenvalue weighted by molar-refractivity contribution is 0.879. The second-order valence-electron chi connectivity index (χ2n) is 3.52. The third-order valence-electron chi connectivity index (χ3n) is 2.56. The van der Waals surface area contributed by atoms with E-state index in [-0.39, 0.29) is 0 Å². The normalized spacial score (nSPS) is 27.7. The Labute approximate surface area is 87.9 Å². The summed E-state index contributed by atoms with van der Waals surface area (Å²) in [7, 11) is 0. The molecular formula is C12H11NS. The summed E-state index contributed by atoms with van der Waals surface area (Å²) < 4.78 is 0. The molecular weight excluding hydrogens is 190 g/mol. The van der Waals surface area contributed by atoms with Gasteiger partial charge in [-0.2, -0.15) is 0 Å². The van der Waals surface area contributed by atoms with Gasteiger partial charge in [-0.25, -0.2) is 0 Å². The van der Waals surface area contributed by atoms with Crippen molar-refractivity contribution in [1.29, 1.82) is 0 Å². The summed E-state index contributed by atoms with van der Waals surface area (Å²) in [5, 5.41) is 4.09. The van der Waals surface area contributed by atoms with E-state index in [2.05, 4.69) is 53.9 Å². The smallest absolute Gasteiger partial charge is 0.0605 e. The van der Waals surface area contributed by atoms with Gasteiger partial charge in [0.15, 0.2) is 0 Å². The van der Waals surface area contributed by atoms with Gasteiger partial charge in [0.05, 0.1) is 11.3 Å². The highest BCUT2D eigenvalue weighted by Gasteiger charge is 2.25. The number of hydrogen-bond donors (Lipinski definition) is 1. The van der Waals surface area contributed by atoms with E-state index in [9.17, 15) is 0 Å². The summed E-state index contributed by atoms with van der Waals surface area (Å²) in [6.45, 7) is 0. The Balaban J connectivity index is 2.00. The molecule has 70 valence electrons. The van der Waals surface area contributed by atoms with Crippen molar-refractivity contribution in [3.05, 3.63) is 48.6 Å². The minimum atomic E-state index is 0.458. The predicted octanol–water partition coefficient (Wildman–Crippen LogP) is 3.07. The molecule has 2 aliphatic rings. The first-order valence-corrected chi connectivity index (χ1v) is 5.69. The highest BCUT2D eigenvalue weighted by atomic mass is 32.2. The average Bonchev–Trinajstić information content (AvgIpc) is 2.26. The lowest BCUT2D eigenvalue weighted by Crippen LogP contribution is -2.32. The molecule has 0 fully saturated rings. The zero-order valence-corrected chi connectivity index (χ0v) is 8.50. The molecule has 1 nitrogen and oxygen atoms in total. The molecule has 1 aliphatic carbocycles. The summed E-state index contributed by atoms with van der Waals surface area (Å²) in [5.41, 5.74) is 1.26. The summed E-state index contributed by atoms with van der Waals surface area (Å²) in [4.78, 5) is 1.36. The molecule has 0 bridgehead atoms. The number of benzene rings is 1. The molecule has 1 heterocycles. The summed E-state index contributed by atoms with van der Waals surface area (Å²) in [6.07, 6.45) is 8.73. The van der Waals surface area contributed by atoms with Crippen molar-refractivity contribution in [3.8, 4) is 0 Å². The van der Waals surface area contributed by atoms with Crippen LogP contribution in [-0.4, -0.2) is 11.3 Å². The van der Waals surface area contributed by atoms with Crippen LogP contribution in [0, 0.1) is 0 Å². The lowest BCUT2D eigenvalue weighted by atomic mass is 10.1. The first-order valence-electron chi connectivity index (χ1n) is 4.81. The number of fused-ring (bicyclic) bond motifs is 2. The Morgan fingerprint density at radius 1 is 1.07 bits per heavy atom. The fourth-order valence-electron chi connectivity index (χ4n) is 1.84. The highest BCUT2D eigenvalue weighted by molar-refractivity contribution is 8.00. The fraction of sp³-hybridized carbons (Fsp3) is 0.167. The molecule has 0 aromatic heterocycles. The molecule has 0 spiro atoms. The Morgan fingerprint density at radius 2 is 1.93 bits per heavy atom. The van der Waals surface area contributed by atoms with Crippen LogP contribution in [0.5, 0.6) is 0 Å². The van der Waals surface area contributed by atoms with E-state index in [4.69, 9.17) is 0 Å². The van der Waals surface area contributed by atoms with Gasteiger partial charge < -0.3 is 5.32 Å². The Morgan fingerprint density at radius 3 is 2.93 bits per heavy atom. The van der Waals surface area contributed by atoms with Gasteiger partial charge >= 0.3 is 0 Å². The van der Waals surface area contributed by atoms with Gasteiger partial charge in [0.25, 0.3) is 0 Å². The molecule has 0 saturated carbocycles. The number of hydrogen-bond acceptors (Lipinski definition) is 2. The SMILES string of the molecule is C1=CC2Nc3ccccc3SC2C=C1. The van der Waals surface area contributed by atoms with Gasteiger partial charge in [0.1, 0.15) is 0 Å². The predicted molar refractivity (Wildman–Crippen MR) is 61.8 cm³/mol. The Kier molecular flexibility index (Phi) is 1.88. The molecule has 1 aromatic carbocycles. The van der Waals surface area contributed by atoms with Crippen LogP contribution in [0.4, 0.5) is 5.69 Å². The standard InChI is InChI=1S/C12H11NS/c1-3-7-11-9(5-1)13-10-6-2-4-8-12(10)14-11/h1-9,11,13H. The monoisotopic (exact) mass is 201 g/mol. The van der Waals surface area contributed by atoms with E-state index in [0.29, 0.717) is 11.3 Å². The van der Waals surface area contributed by atoms with Gasteiger partial charge in [-0.15, -0.1) is 11.8 Å². The van der Waals surface area contributed by atoms with Crippen LogP contribution < -0.4 is 5.32 Å². The van der Waals surface area contributed by atoms with E-state index in [0.717, 1.165) is 0 Å². The Hall–Kier alpha value is -1.15. The van der Waals surface area contributed by atoms with Crippen LogP contribution in [-0.2, 0) is 0 Å². The van der Waals surface area contributed by atoms with Crippen LogP contribution >= 0.6 is 11.8 Å². The molecule has 2 atom stereocenters. The minimum Gasteiger partial charge on any atom is -0.376 e. The zero-order valence-electron chi connectivity index (χ0n) is 7.68. The molecule has 0 radical (unpaired) electrons. The number of allylic oxidation sites excluding steroid dienone is 2. The van der Waals surface area contributed by atoms with Gasteiger partial charge in [-0.05, 0) is 12.1 Å². The van der Waals surface area contributed by atoms with E-state index in [1.165, 1.54) is 10.6 Å². The third-order valence-corrected chi connectivity index (χ3v) is 3.89. The zero-order chi connectivity index (χ0) is 9.38. The highest BCUT2D eigenvalue weighted by Crippen LogP contribution is 2.39. The fourth-order valence-corrected chi connectivity index (χ4v) is 3.02. The van der Waals surface area contributed by atoms with E-state index in [1.807, 2.05) is 11.8 Å². The van der Waals surface area contributed by atoms with Crippen molar-refractivity contribution < 1.29 is 0 Å². The van der Waals surface area contributed by atoms with E-state index >= 15 is 0 Å². The number of thioether (sulfide) groups is 1.